The first-order valence-corrected chi connectivity index (χ1v) is 9.38. The molecule has 2 atom stereocenters. The monoisotopic (exact) mass is 356 g/mol. The molecule has 2 unspecified atom stereocenters. The Labute approximate surface area is 150 Å². The van der Waals surface area contributed by atoms with Crippen molar-refractivity contribution in [2.75, 3.05) is 11.1 Å². The Morgan fingerprint density at radius 2 is 2.16 bits per heavy atom. The quantitative estimate of drug-likeness (QED) is 0.913. The number of rotatable bonds is 4. The highest BCUT2D eigenvalue weighted by Crippen LogP contribution is 2.47. The van der Waals surface area contributed by atoms with Crippen molar-refractivity contribution in [1.82, 2.24) is 14.7 Å². The molecule has 0 spiro atoms. The second kappa shape index (κ2) is 6.22. The molecular formula is C18H20N4O2S. The van der Waals surface area contributed by atoms with Crippen molar-refractivity contribution >= 4 is 29.4 Å². The summed E-state index contributed by atoms with van der Waals surface area (Å²) in [7, 11) is 0. The highest BCUT2D eigenvalue weighted by Gasteiger charge is 2.52. The van der Waals surface area contributed by atoms with E-state index in [4.69, 9.17) is 0 Å². The van der Waals surface area contributed by atoms with Crippen LogP contribution in [-0.2, 0) is 16.1 Å². The summed E-state index contributed by atoms with van der Waals surface area (Å²) in [5.41, 5.74) is 1.15. The van der Waals surface area contributed by atoms with Gasteiger partial charge in [0, 0.05) is 24.4 Å². The summed E-state index contributed by atoms with van der Waals surface area (Å²) in [6, 6.07) is 11.4. The molecule has 2 saturated heterocycles. The number of anilines is 1. The van der Waals surface area contributed by atoms with E-state index < -0.39 is 6.04 Å². The Bertz CT molecular complexity index is 806. The summed E-state index contributed by atoms with van der Waals surface area (Å²) < 4.78 is 1.79. The van der Waals surface area contributed by atoms with Gasteiger partial charge in [0.2, 0.25) is 11.8 Å². The molecule has 0 aliphatic carbocycles. The average Bonchev–Trinajstić information content (AvgIpc) is 3.25. The predicted molar refractivity (Wildman–Crippen MR) is 97.1 cm³/mol. The van der Waals surface area contributed by atoms with Gasteiger partial charge >= 0.3 is 0 Å². The first-order chi connectivity index (χ1) is 12.0. The van der Waals surface area contributed by atoms with Crippen molar-refractivity contribution in [3.8, 4) is 0 Å². The lowest BCUT2D eigenvalue weighted by Gasteiger charge is -2.29. The number of hydrogen-bond acceptors (Lipinski definition) is 4. The minimum Gasteiger partial charge on any atom is -0.315 e. The molecule has 3 heterocycles. The molecule has 2 aliphatic rings. The van der Waals surface area contributed by atoms with Crippen LogP contribution in [0.15, 0.2) is 42.6 Å². The van der Waals surface area contributed by atoms with E-state index in [9.17, 15) is 9.59 Å². The average molecular weight is 356 g/mol. The van der Waals surface area contributed by atoms with Crippen molar-refractivity contribution in [2.24, 2.45) is 0 Å². The van der Waals surface area contributed by atoms with Crippen molar-refractivity contribution in [3.63, 3.8) is 0 Å². The Kier molecular flexibility index (Phi) is 4.03. The number of carbonyl (C=O) groups is 2. The van der Waals surface area contributed by atoms with Crippen molar-refractivity contribution < 1.29 is 9.59 Å². The Balaban J connectivity index is 1.43. The molecule has 4 rings (SSSR count). The second-order valence-electron chi connectivity index (χ2n) is 6.64. The van der Waals surface area contributed by atoms with Crippen LogP contribution >= 0.6 is 11.8 Å². The molecule has 2 amide bonds. The van der Waals surface area contributed by atoms with Crippen LogP contribution in [0, 0.1) is 0 Å². The summed E-state index contributed by atoms with van der Waals surface area (Å²) in [5, 5.41) is 7.28. The maximum atomic E-state index is 12.6. The molecule has 7 heteroatoms. The lowest BCUT2D eigenvalue weighted by Crippen LogP contribution is -2.48. The van der Waals surface area contributed by atoms with Gasteiger partial charge in [0.1, 0.15) is 6.04 Å². The van der Waals surface area contributed by atoms with Gasteiger partial charge in [-0.25, -0.2) is 0 Å². The smallest absolute Gasteiger partial charge is 0.249 e. The van der Waals surface area contributed by atoms with Gasteiger partial charge in [-0.1, -0.05) is 30.3 Å². The first-order valence-electron chi connectivity index (χ1n) is 8.39. The van der Waals surface area contributed by atoms with Crippen LogP contribution < -0.4 is 5.32 Å². The van der Waals surface area contributed by atoms with Gasteiger partial charge in [-0.15, -0.1) is 11.8 Å². The molecule has 25 heavy (non-hydrogen) atoms. The van der Waals surface area contributed by atoms with Crippen LogP contribution in [-0.4, -0.2) is 43.2 Å². The Morgan fingerprint density at radius 3 is 2.96 bits per heavy atom. The fourth-order valence-electron chi connectivity index (χ4n) is 3.51. The summed E-state index contributed by atoms with van der Waals surface area (Å²) >= 11 is 1.69. The van der Waals surface area contributed by atoms with Crippen molar-refractivity contribution in [2.45, 2.75) is 37.2 Å². The molecular weight excluding hydrogens is 336 g/mol. The third-order valence-electron chi connectivity index (χ3n) is 4.83. The molecule has 1 aromatic heterocycles. The zero-order valence-electron chi connectivity index (χ0n) is 14.0. The largest absolute Gasteiger partial charge is 0.315 e. The normalized spacial score (nSPS) is 25.2. The highest BCUT2D eigenvalue weighted by atomic mass is 32.2. The SMILES string of the molecule is CC12CCC(=O)N1C(C(=O)Nc1ccn(Cc3ccccc3)n1)CS2. The van der Waals surface area contributed by atoms with Gasteiger partial charge in [-0.2, -0.15) is 5.10 Å². The standard InChI is InChI=1S/C18H20N4O2S/c1-18-9-7-16(23)22(18)14(12-25-18)17(24)19-15-8-10-21(20-15)11-13-5-3-2-4-6-13/h2-6,8,10,14H,7,9,11-12H2,1H3,(H,19,20,24). The van der Waals surface area contributed by atoms with Gasteiger partial charge < -0.3 is 10.2 Å². The van der Waals surface area contributed by atoms with Crippen LogP contribution in [0.3, 0.4) is 0 Å². The van der Waals surface area contributed by atoms with E-state index in [2.05, 4.69) is 10.4 Å². The molecule has 0 radical (unpaired) electrons. The molecule has 2 aromatic rings. The van der Waals surface area contributed by atoms with Crippen LogP contribution in [0.2, 0.25) is 0 Å². The van der Waals surface area contributed by atoms with E-state index in [1.165, 1.54) is 0 Å². The lowest BCUT2D eigenvalue weighted by atomic mass is 10.2. The number of amides is 2. The predicted octanol–water partition coefficient (Wildman–Crippen LogP) is 2.32. The van der Waals surface area contributed by atoms with E-state index in [0.717, 1.165) is 12.0 Å². The minimum atomic E-state index is -0.413. The number of nitrogens with one attached hydrogen (secondary N) is 1. The molecule has 2 fully saturated rings. The van der Waals surface area contributed by atoms with E-state index in [0.29, 0.717) is 24.5 Å². The Morgan fingerprint density at radius 1 is 1.36 bits per heavy atom. The number of carbonyl (C=O) groups excluding carboxylic acids is 2. The molecule has 0 saturated carbocycles. The van der Waals surface area contributed by atoms with Crippen LogP contribution in [0.1, 0.15) is 25.3 Å². The van der Waals surface area contributed by atoms with E-state index in [1.54, 1.807) is 27.4 Å². The van der Waals surface area contributed by atoms with Crippen LogP contribution in [0.5, 0.6) is 0 Å². The molecule has 2 aliphatic heterocycles. The van der Waals surface area contributed by atoms with Crippen LogP contribution in [0.4, 0.5) is 5.82 Å². The maximum absolute atomic E-state index is 12.6. The number of aromatic nitrogens is 2. The van der Waals surface area contributed by atoms with Crippen molar-refractivity contribution in [1.29, 1.82) is 0 Å². The maximum Gasteiger partial charge on any atom is 0.249 e. The highest BCUT2D eigenvalue weighted by molar-refractivity contribution is 8.01. The zero-order valence-corrected chi connectivity index (χ0v) is 14.8. The second-order valence-corrected chi connectivity index (χ2v) is 8.14. The molecule has 0 bridgehead atoms. The molecule has 130 valence electrons. The van der Waals surface area contributed by atoms with Crippen LogP contribution in [0.25, 0.3) is 0 Å². The minimum absolute atomic E-state index is 0.0715. The van der Waals surface area contributed by atoms with Gasteiger partial charge in [-0.05, 0) is 18.9 Å². The number of hydrogen-bond donors (Lipinski definition) is 1. The van der Waals surface area contributed by atoms with Gasteiger partial charge in [0.25, 0.3) is 0 Å². The summed E-state index contributed by atoms with van der Waals surface area (Å²) in [4.78, 5) is 26.3. The van der Waals surface area contributed by atoms with Gasteiger partial charge in [0.15, 0.2) is 5.82 Å². The van der Waals surface area contributed by atoms with Gasteiger partial charge in [-0.3, -0.25) is 14.3 Å². The van der Waals surface area contributed by atoms with Gasteiger partial charge in [0.05, 0.1) is 11.4 Å². The summed E-state index contributed by atoms with van der Waals surface area (Å²) in [6.07, 6.45) is 3.18. The van der Waals surface area contributed by atoms with E-state index >= 15 is 0 Å². The summed E-state index contributed by atoms with van der Waals surface area (Å²) in [5.74, 6) is 1.07. The fourth-order valence-corrected chi connectivity index (χ4v) is 4.94. The lowest BCUT2D eigenvalue weighted by molar-refractivity contribution is -0.135. The Hall–Kier alpha value is -2.28. The third kappa shape index (κ3) is 3.04. The summed E-state index contributed by atoms with van der Waals surface area (Å²) in [6.45, 7) is 2.70. The van der Waals surface area contributed by atoms with Crippen molar-refractivity contribution in [3.05, 3.63) is 48.2 Å². The number of nitrogens with zero attached hydrogens (tertiary/aromatic N) is 3. The first kappa shape index (κ1) is 16.2. The van der Waals surface area contributed by atoms with E-state index in [1.807, 2.05) is 43.5 Å². The van der Waals surface area contributed by atoms with E-state index in [-0.39, 0.29) is 16.7 Å². The molecule has 1 aromatic carbocycles. The number of benzene rings is 1. The molecule has 6 nitrogen and oxygen atoms in total. The topological polar surface area (TPSA) is 67.2 Å². The fraction of sp³-hybridized carbons (Fsp3) is 0.389. The third-order valence-corrected chi connectivity index (χ3v) is 6.33. The zero-order chi connectivity index (χ0) is 17.4. The molecule has 1 N–H and O–H groups in total. The number of fused-ring (bicyclic) bond motifs is 1. The number of thioether (sulfide) groups is 1.